The number of nitrogens with one attached hydrogen (secondary N) is 1. The molecule has 0 spiro atoms. The van der Waals surface area contributed by atoms with Gasteiger partial charge in [0.05, 0.1) is 25.0 Å². The third kappa shape index (κ3) is 4.83. The second-order valence-corrected chi connectivity index (χ2v) is 8.80. The summed E-state index contributed by atoms with van der Waals surface area (Å²) in [6, 6.07) is 9.40. The Bertz CT molecular complexity index is 892. The van der Waals surface area contributed by atoms with Crippen molar-refractivity contribution in [1.29, 1.82) is 0 Å². The van der Waals surface area contributed by atoms with E-state index >= 15 is 0 Å². The molecule has 2 amide bonds. The van der Waals surface area contributed by atoms with Crippen molar-refractivity contribution in [3.8, 4) is 11.4 Å². The summed E-state index contributed by atoms with van der Waals surface area (Å²) < 4.78 is 6.96. The van der Waals surface area contributed by atoms with E-state index in [0.29, 0.717) is 12.4 Å². The smallest absolute Gasteiger partial charge is 0.245 e. The van der Waals surface area contributed by atoms with Crippen molar-refractivity contribution >= 4 is 17.6 Å². The maximum absolute atomic E-state index is 12.8. The van der Waals surface area contributed by atoms with Crippen molar-refractivity contribution < 1.29 is 14.3 Å². The first kappa shape index (κ1) is 21.9. The van der Waals surface area contributed by atoms with Crippen molar-refractivity contribution in [2.75, 3.05) is 25.5 Å². The molecule has 162 valence electrons. The Kier molecular flexibility index (Phi) is 6.48. The molecule has 7 heteroatoms. The van der Waals surface area contributed by atoms with E-state index in [1.165, 1.54) is 0 Å². The van der Waals surface area contributed by atoms with Crippen LogP contribution in [0.25, 0.3) is 5.69 Å². The van der Waals surface area contributed by atoms with Crippen LogP contribution >= 0.6 is 0 Å². The summed E-state index contributed by atoms with van der Waals surface area (Å²) >= 11 is 0. The SMILES string of the molecule is CCN(CC(=O)Nc1cc(C(C)(C)C)nn1-c1ccc(OC)cc1)C(=O)C1CCC1. The summed E-state index contributed by atoms with van der Waals surface area (Å²) in [5.41, 5.74) is 1.51. The number of methoxy groups -OCH3 is 1. The van der Waals surface area contributed by atoms with Gasteiger partial charge in [-0.25, -0.2) is 4.68 Å². The number of likely N-dealkylation sites (N-methyl/N-ethyl adjacent to an activating group) is 1. The third-order valence-corrected chi connectivity index (χ3v) is 5.54. The molecule has 1 aromatic carbocycles. The topological polar surface area (TPSA) is 76.5 Å². The number of amides is 2. The molecule has 0 saturated heterocycles. The summed E-state index contributed by atoms with van der Waals surface area (Å²) in [4.78, 5) is 27.0. The van der Waals surface area contributed by atoms with E-state index in [1.807, 2.05) is 37.3 Å². The number of rotatable bonds is 7. The predicted molar refractivity (Wildman–Crippen MR) is 117 cm³/mol. The minimum absolute atomic E-state index is 0.0461. The molecule has 7 nitrogen and oxygen atoms in total. The fourth-order valence-electron chi connectivity index (χ4n) is 3.37. The monoisotopic (exact) mass is 412 g/mol. The van der Waals surface area contributed by atoms with Crippen LogP contribution in [0.1, 0.15) is 52.7 Å². The molecule has 0 unspecified atom stereocenters. The Balaban J connectivity index is 1.81. The van der Waals surface area contributed by atoms with Crippen LogP contribution in [0.3, 0.4) is 0 Å². The van der Waals surface area contributed by atoms with Crippen LogP contribution in [0.4, 0.5) is 5.82 Å². The number of nitrogens with zero attached hydrogens (tertiary/aromatic N) is 3. The summed E-state index contributed by atoms with van der Waals surface area (Å²) in [6.45, 7) is 8.71. The van der Waals surface area contributed by atoms with Crippen LogP contribution in [0.5, 0.6) is 5.75 Å². The molecule has 1 N–H and O–H groups in total. The summed E-state index contributed by atoms with van der Waals surface area (Å²) in [7, 11) is 1.62. The average Bonchev–Trinajstić information content (AvgIpc) is 3.08. The number of carbonyl (C=O) groups is 2. The van der Waals surface area contributed by atoms with Crippen LogP contribution in [-0.2, 0) is 15.0 Å². The van der Waals surface area contributed by atoms with E-state index in [-0.39, 0.29) is 29.7 Å². The molecule has 1 aliphatic rings. The van der Waals surface area contributed by atoms with E-state index < -0.39 is 0 Å². The van der Waals surface area contributed by atoms with Gasteiger partial charge >= 0.3 is 0 Å². The van der Waals surface area contributed by atoms with Gasteiger partial charge in [0.2, 0.25) is 11.8 Å². The maximum atomic E-state index is 12.8. The Morgan fingerprint density at radius 2 is 1.90 bits per heavy atom. The van der Waals surface area contributed by atoms with Crippen LogP contribution in [-0.4, -0.2) is 46.7 Å². The minimum atomic E-state index is -0.223. The Morgan fingerprint density at radius 1 is 1.23 bits per heavy atom. The lowest BCUT2D eigenvalue weighted by Crippen LogP contribution is -2.43. The molecule has 0 bridgehead atoms. The highest BCUT2D eigenvalue weighted by Crippen LogP contribution is 2.29. The lowest BCUT2D eigenvalue weighted by atomic mass is 9.84. The fourth-order valence-corrected chi connectivity index (χ4v) is 3.37. The second-order valence-electron chi connectivity index (χ2n) is 8.80. The van der Waals surface area contributed by atoms with Gasteiger partial charge in [-0.05, 0) is 44.0 Å². The zero-order valence-corrected chi connectivity index (χ0v) is 18.6. The zero-order chi connectivity index (χ0) is 21.9. The molecule has 3 rings (SSSR count). The Labute approximate surface area is 178 Å². The van der Waals surface area contributed by atoms with E-state index in [9.17, 15) is 9.59 Å². The van der Waals surface area contributed by atoms with E-state index in [0.717, 1.165) is 36.4 Å². The van der Waals surface area contributed by atoms with Gasteiger partial charge in [-0.3, -0.25) is 9.59 Å². The van der Waals surface area contributed by atoms with Crippen LogP contribution in [0.15, 0.2) is 30.3 Å². The predicted octanol–water partition coefficient (Wildman–Crippen LogP) is 3.77. The number of ether oxygens (including phenoxy) is 1. The third-order valence-electron chi connectivity index (χ3n) is 5.54. The molecule has 1 heterocycles. The first-order chi connectivity index (χ1) is 14.2. The normalized spacial score (nSPS) is 14.2. The number of hydrogen-bond acceptors (Lipinski definition) is 4. The van der Waals surface area contributed by atoms with Gasteiger partial charge < -0.3 is 15.0 Å². The molecular formula is C23H32N4O3. The lowest BCUT2D eigenvalue weighted by Gasteiger charge is -2.30. The Hall–Kier alpha value is -2.83. The van der Waals surface area contributed by atoms with Crippen molar-refractivity contribution in [3.63, 3.8) is 0 Å². The van der Waals surface area contributed by atoms with Gasteiger partial charge in [0.1, 0.15) is 11.6 Å². The van der Waals surface area contributed by atoms with Crippen molar-refractivity contribution in [2.45, 2.75) is 52.4 Å². The zero-order valence-electron chi connectivity index (χ0n) is 18.6. The quantitative estimate of drug-likeness (QED) is 0.751. The largest absolute Gasteiger partial charge is 0.497 e. The number of anilines is 1. The second kappa shape index (κ2) is 8.90. The molecule has 1 aromatic heterocycles. The standard InChI is InChI=1S/C23H32N4O3/c1-6-26(22(29)16-8-7-9-16)15-21(28)24-20-14-19(23(2,3)4)25-27(20)17-10-12-18(30-5)13-11-17/h10-14,16H,6-9,15H2,1-5H3,(H,24,28). The maximum Gasteiger partial charge on any atom is 0.245 e. The van der Waals surface area contributed by atoms with Gasteiger partial charge in [-0.2, -0.15) is 5.10 Å². The highest BCUT2D eigenvalue weighted by molar-refractivity contribution is 5.94. The van der Waals surface area contributed by atoms with E-state index in [4.69, 9.17) is 9.84 Å². The number of hydrogen-bond donors (Lipinski definition) is 1. The fraction of sp³-hybridized carbons (Fsp3) is 0.522. The van der Waals surface area contributed by atoms with Crippen LogP contribution < -0.4 is 10.1 Å². The van der Waals surface area contributed by atoms with Gasteiger partial charge in [0.15, 0.2) is 0 Å². The Morgan fingerprint density at radius 3 is 2.40 bits per heavy atom. The first-order valence-corrected chi connectivity index (χ1v) is 10.6. The highest BCUT2D eigenvalue weighted by atomic mass is 16.5. The van der Waals surface area contributed by atoms with Gasteiger partial charge in [-0.15, -0.1) is 0 Å². The highest BCUT2D eigenvalue weighted by Gasteiger charge is 2.30. The number of benzene rings is 1. The van der Waals surface area contributed by atoms with Crippen molar-refractivity contribution in [3.05, 3.63) is 36.0 Å². The van der Waals surface area contributed by atoms with Crippen molar-refractivity contribution in [2.24, 2.45) is 5.92 Å². The van der Waals surface area contributed by atoms with Gasteiger partial charge in [-0.1, -0.05) is 27.2 Å². The summed E-state index contributed by atoms with van der Waals surface area (Å²) in [6.07, 6.45) is 2.95. The molecule has 0 radical (unpaired) electrons. The number of carbonyl (C=O) groups excluding carboxylic acids is 2. The van der Waals surface area contributed by atoms with Gasteiger partial charge in [0.25, 0.3) is 0 Å². The van der Waals surface area contributed by atoms with Gasteiger partial charge in [0, 0.05) is 23.9 Å². The molecule has 1 saturated carbocycles. The molecule has 1 fully saturated rings. The average molecular weight is 413 g/mol. The number of aromatic nitrogens is 2. The molecule has 0 aliphatic heterocycles. The molecule has 1 aliphatic carbocycles. The molecule has 30 heavy (non-hydrogen) atoms. The van der Waals surface area contributed by atoms with Crippen molar-refractivity contribution in [1.82, 2.24) is 14.7 Å². The van der Waals surface area contributed by atoms with Crippen LogP contribution in [0, 0.1) is 5.92 Å². The summed E-state index contributed by atoms with van der Waals surface area (Å²) in [5, 5.41) is 7.69. The lowest BCUT2D eigenvalue weighted by molar-refractivity contribution is -0.140. The van der Waals surface area contributed by atoms with E-state index in [2.05, 4.69) is 26.1 Å². The molecular weight excluding hydrogens is 380 g/mol. The van der Waals surface area contributed by atoms with E-state index in [1.54, 1.807) is 16.7 Å². The summed E-state index contributed by atoms with van der Waals surface area (Å²) in [5.74, 6) is 1.27. The first-order valence-electron chi connectivity index (χ1n) is 10.6. The minimum Gasteiger partial charge on any atom is -0.497 e. The molecule has 2 aromatic rings. The van der Waals surface area contributed by atoms with Crippen LogP contribution in [0.2, 0.25) is 0 Å². The molecule has 0 atom stereocenters.